The predicted octanol–water partition coefficient (Wildman–Crippen LogP) is 5.49. The first-order valence-corrected chi connectivity index (χ1v) is 8.61. The molecule has 0 spiro atoms. The average molecular weight is 307 g/mol. The van der Waals surface area contributed by atoms with E-state index in [1.54, 1.807) is 0 Å². The van der Waals surface area contributed by atoms with E-state index in [4.69, 9.17) is 0 Å². The van der Waals surface area contributed by atoms with Gasteiger partial charge in [-0.3, -0.25) is 0 Å². The number of nitrogens with zero attached hydrogens (tertiary/aromatic N) is 1. The average Bonchev–Trinajstić information content (AvgIpc) is 2.50. The lowest BCUT2D eigenvalue weighted by Gasteiger charge is -2.17. The van der Waals surface area contributed by atoms with Crippen molar-refractivity contribution in [1.29, 1.82) is 0 Å². The standard InChI is InChI=1S/C22H29N/c1-22(2,3)16-9-5-6-10-17-23(4)18-20-14-11-13-19-12-7-8-15-21(19)20/h7-8,11-15H,5-6,10,17-18H2,1-4H3. The van der Waals surface area contributed by atoms with Crippen LogP contribution in [0.25, 0.3) is 10.8 Å². The first-order valence-electron chi connectivity index (χ1n) is 8.61. The van der Waals surface area contributed by atoms with E-state index in [0.29, 0.717) is 0 Å². The minimum absolute atomic E-state index is 0.130. The van der Waals surface area contributed by atoms with Crippen molar-refractivity contribution < 1.29 is 0 Å². The fourth-order valence-corrected chi connectivity index (χ4v) is 2.72. The number of hydrogen-bond donors (Lipinski definition) is 0. The van der Waals surface area contributed by atoms with Gasteiger partial charge in [-0.15, -0.1) is 5.92 Å². The van der Waals surface area contributed by atoms with E-state index >= 15 is 0 Å². The van der Waals surface area contributed by atoms with Crippen LogP contribution in [-0.4, -0.2) is 18.5 Å². The van der Waals surface area contributed by atoms with Crippen LogP contribution >= 0.6 is 0 Å². The molecule has 0 bridgehead atoms. The summed E-state index contributed by atoms with van der Waals surface area (Å²) < 4.78 is 0. The van der Waals surface area contributed by atoms with E-state index in [1.807, 2.05) is 0 Å². The van der Waals surface area contributed by atoms with Crippen LogP contribution in [0, 0.1) is 17.3 Å². The van der Waals surface area contributed by atoms with Crippen LogP contribution in [0.4, 0.5) is 0 Å². The van der Waals surface area contributed by atoms with Gasteiger partial charge in [0.2, 0.25) is 0 Å². The van der Waals surface area contributed by atoms with Gasteiger partial charge in [0.05, 0.1) is 0 Å². The van der Waals surface area contributed by atoms with Crippen molar-refractivity contribution in [2.24, 2.45) is 5.41 Å². The largest absolute Gasteiger partial charge is 0.302 e. The van der Waals surface area contributed by atoms with Crippen molar-refractivity contribution in [1.82, 2.24) is 4.90 Å². The summed E-state index contributed by atoms with van der Waals surface area (Å²) in [5.74, 6) is 6.61. The number of benzene rings is 2. The summed E-state index contributed by atoms with van der Waals surface area (Å²) in [5.41, 5.74) is 1.55. The normalized spacial score (nSPS) is 11.5. The van der Waals surface area contributed by atoms with E-state index in [2.05, 4.69) is 87.0 Å². The van der Waals surface area contributed by atoms with Crippen molar-refractivity contribution in [3.8, 4) is 11.8 Å². The summed E-state index contributed by atoms with van der Waals surface area (Å²) in [5, 5.41) is 2.70. The Labute approximate surface area is 141 Å². The second-order valence-electron chi connectivity index (χ2n) is 7.38. The molecule has 0 heterocycles. The molecule has 1 heteroatoms. The molecule has 23 heavy (non-hydrogen) atoms. The maximum Gasteiger partial charge on any atom is 0.0236 e. The zero-order valence-electron chi connectivity index (χ0n) is 15.0. The molecule has 2 rings (SSSR count). The van der Waals surface area contributed by atoms with Crippen LogP contribution in [0.3, 0.4) is 0 Å². The predicted molar refractivity (Wildman–Crippen MR) is 101 cm³/mol. The van der Waals surface area contributed by atoms with Crippen LogP contribution in [0.2, 0.25) is 0 Å². The summed E-state index contributed by atoms with van der Waals surface area (Å²) in [6.07, 6.45) is 3.41. The van der Waals surface area contributed by atoms with Crippen molar-refractivity contribution in [2.45, 2.75) is 46.6 Å². The van der Waals surface area contributed by atoms with Crippen molar-refractivity contribution in [3.63, 3.8) is 0 Å². The van der Waals surface area contributed by atoms with E-state index in [1.165, 1.54) is 29.2 Å². The third-order valence-corrected chi connectivity index (χ3v) is 3.88. The van der Waals surface area contributed by atoms with Gasteiger partial charge < -0.3 is 4.90 Å². The van der Waals surface area contributed by atoms with Crippen molar-refractivity contribution in [2.75, 3.05) is 13.6 Å². The molecule has 0 aromatic heterocycles. The summed E-state index contributed by atoms with van der Waals surface area (Å²) >= 11 is 0. The molecule has 0 saturated heterocycles. The summed E-state index contributed by atoms with van der Waals surface area (Å²) in [6.45, 7) is 8.63. The van der Waals surface area contributed by atoms with E-state index in [0.717, 1.165) is 19.5 Å². The summed E-state index contributed by atoms with van der Waals surface area (Å²) in [7, 11) is 2.21. The quantitative estimate of drug-likeness (QED) is 0.504. The lowest BCUT2D eigenvalue weighted by molar-refractivity contribution is 0.320. The highest BCUT2D eigenvalue weighted by Gasteiger charge is 2.05. The lowest BCUT2D eigenvalue weighted by atomic mass is 9.98. The molecular weight excluding hydrogens is 278 g/mol. The zero-order valence-corrected chi connectivity index (χ0v) is 15.0. The Morgan fingerprint density at radius 1 is 0.957 bits per heavy atom. The fraction of sp³-hybridized carbons (Fsp3) is 0.455. The summed E-state index contributed by atoms with van der Waals surface area (Å²) in [6, 6.07) is 15.2. The van der Waals surface area contributed by atoms with E-state index in [-0.39, 0.29) is 5.41 Å². The molecular formula is C22H29N. The van der Waals surface area contributed by atoms with Crippen LogP contribution in [0.5, 0.6) is 0 Å². The highest BCUT2D eigenvalue weighted by atomic mass is 15.1. The Hall–Kier alpha value is -1.78. The minimum atomic E-state index is 0.130. The molecule has 0 aliphatic rings. The molecule has 2 aromatic rings. The van der Waals surface area contributed by atoms with Gasteiger partial charge in [-0.05, 0) is 63.5 Å². The first-order chi connectivity index (χ1) is 11.0. The Morgan fingerprint density at radius 2 is 1.70 bits per heavy atom. The molecule has 0 atom stereocenters. The van der Waals surface area contributed by atoms with Gasteiger partial charge >= 0.3 is 0 Å². The van der Waals surface area contributed by atoms with Gasteiger partial charge in [-0.1, -0.05) is 48.4 Å². The Morgan fingerprint density at radius 3 is 2.48 bits per heavy atom. The third kappa shape index (κ3) is 6.08. The molecule has 0 aliphatic carbocycles. The number of fused-ring (bicyclic) bond motifs is 1. The van der Waals surface area contributed by atoms with Crippen molar-refractivity contribution >= 4 is 10.8 Å². The van der Waals surface area contributed by atoms with Gasteiger partial charge in [0.25, 0.3) is 0 Å². The number of unbranched alkanes of at least 4 members (excludes halogenated alkanes) is 2. The molecule has 0 aliphatic heterocycles. The SMILES string of the molecule is CN(CCCCC#CC(C)(C)C)Cc1cccc2ccccc12. The molecule has 0 N–H and O–H groups in total. The highest BCUT2D eigenvalue weighted by molar-refractivity contribution is 5.85. The molecule has 122 valence electrons. The van der Waals surface area contributed by atoms with Crippen molar-refractivity contribution in [3.05, 3.63) is 48.0 Å². The smallest absolute Gasteiger partial charge is 0.0236 e. The Balaban J connectivity index is 1.80. The van der Waals surface area contributed by atoms with Gasteiger partial charge in [0.15, 0.2) is 0 Å². The fourth-order valence-electron chi connectivity index (χ4n) is 2.72. The highest BCUT2D eigenvalue weighted by Crippen LogP contribution is 2.19. The minimum Gasteiger partial charge on any atom is -0.302 e. The van der Waals surface area contributed by atoms with Crippen LogP contribution < -0.4 is 0 Å². The van der Waals surface area contributed by atoms with E-state index < -0.39 is 0 Å². The van der Waals surface area contributed by atoms with Gasteiger partial charge in [-0.2, -0.15) is 0 Å². The monoisotopic (exact) mass is 307 g/mol. The first kappa shape index (κ1) is 17.6. The molecule has 0 unspecified atom stereocenters. The summed E-state index contributed by atoms with van der Waals surface area (Å²) in [4.78, 5) is 2.42. The molecule has 0 fully saturated rings. The van der Waals surface area contributed by atoms with Crippen LogP contribution in [-0.2, 0) is 6.54 Å². The van der Waals surface area contributed by atoms with Gasteiger partial charge in [0, 0.05) is 18.4 Å². The molecule has 0 saturated carbocycles. The maximum absolute atomic E-state index is 3.31. The molecule has 0 amide bonds. The van der Waals surface area contributed by atoms with Crippen LogP contribution in [0.15, 0.2) is 42.5 Å². The number of hydrogen-bond acceptors (Lipinski definition) is 1. The van der Waals surface area contributed by atoms with Crippen LogP contribution in [0.1, 0.15) is 45.6 Å². The zero-order chi connectivity index (χ0) is 16.7. The topological polar surface area (TPSA) is 3.24 Å². The molecule has 0 radical (unpaired) electrons. The van der Waals surface area contributed by atoms with Gasteiger partial charge in [-0.25, -0.2) is 0 Å². The maximum atomic E-state index is 3.31. The second-order valence-corrected chi connectivity index (χ2v) is 7.38. The Bertz CT molecular complexity index is 677. The Kier molecular flexibility index (Phi) is 6.25. The number of rotatable bonds is 6. The van der Waals surface area contributed by atoms with Gasteiger partial charge in [0.1, 0.15) is 0 Å². The molecule has 2 aromatic carbocycles. The third-order valence-electron chi connectivity index (χ3n) is 3.88. The lowest BCUT2D eigenvalue weighted by Crippen LogP contribution is -2.19. The second kappa shape index (κ2) is 8.18. The molecule has 1 nitrogen and oxygen atoms in total. The van der Waals surface area contributed by atoms with E-state index in [9.17, 15) is 0 Å².